The highest BCUT2D eigenvalue weighted by molar-refractivity contribution is 5.79. The van der Waals surface area contributed by atoms with Crippen LogP contribution in [0.5, 0.6) is 5.75 Å². The number of nitrogens with one attached hydrogen (secondary N) is 1. The lowest BCUT2D eigenvalue weighted by Gasteiger charge is -2.06. The van der Waals surface area contributed by atoms with Crippen molar-refractivity contribution in [3.63, 3.8) is 0 Å². The fraction of sp³-hybridized carbons (Fsp3) is 0.182. The van der Waals surface area contributed by atoms with E-state index in [1.54, 1.807) is 7.11 Å². The topological polar surface area (TPSA) is 63.9 Å². The van der Waals surface area contributed by atoms with E-state index in [2.05, 4.69) is 16.3 Å². The zero-order chi connectivity index (χ0) is 10.4. The van der Waals surface area contributed by atoms with Gasteiger partial charge in [-0.25, -0.2) is 0 Å². The summed E-state index contributed by atoms with van der Waals surface area (Å²) in [4.78, 5) is 0. The molecule has 0 radical (unpaired) electrons. The first-order valence-corrected chi connectivity index (χ1v) is 4.80. The Balaban J connectivity index is 2.26. The van der Waals surface area contributed by atoms with Crippen molar-refractivity contribution < 1.29 is 4.74 Å². The zero-order valence-corrected chi connectivity index (χ0v) is 8.37. The average molecular weight is 201 g/mol. The van der Waals surface area contributed by atoms with Gasteiger partial charge in [-0.15, -0.1) is 0 Å². The molecule has 3 N–H and O–H groups in total. The molecule has 2 aromatic rings. The molecule has 1 aromatic carbocycles. The first kappa shape index (κ1) is 8.35. The molecular weight excluding hydrogens is 190 g/mol. The maximum absolute atomic E-state index is 5.78. The minimum atomic E-state index is 0.586. The predicted octanol–water partition coefficient (Wildman–Crippen LogP) is 1.57. The van der Waals surface area contributed by atoms with E-state index >= 15 is 0 Å². The van der Waals surface area contributed by atoms with Crippen LogP contribution in [0.15, 0.2) is 18.2 Å². The molecule has 0 saturated heterocycles. The van der Waals surface area contributed by atoms with E-state index in [-0.39, 0.29) is 0 Å². The van der Waals surface area contributed by atoms with Gasteiger partial charge in [0.15, 0.2) is 0 Å². The predicted molar refractivity (Wildman–Crippen MR) is 57.8 cm³/mol. The first-order valence-electron chi connectivity index (χ1n) is 4.80. The molecule has 0 spiro atoms. The van der Waals surface area contributed by atoms with Crippen molar-refractivity contribution in [2.24, 2.45) is 0 Å². The van der Waals surface area contributed by atoms with Crippen LogP contribution in [0.25, 0.3) is 11.3 Å². The van der Waals surface area contributed by atoms with Crippen molar-refractivity contribution in [2.45, 2.75) is 6.42 Å². The number of anilines is 1. The Bertz CT molecular complexity index is 531. The lowest BCUT2D eigenvalue weighted by Crippen LogP contribution is -1.93. The van der Waals surface area contributed by atoms with Crippen molar-refractivity contribution in [2.75, 3.05) is 12.8 Å². The van der Waals surface area contributed by atoms with Crippen LogP contribution in [0.2, 0.25) is 0 Å². The molecule has 0 atom stereocenters. The summed E-state index contributed by atoms with van der Waals surface area (Å²) < 4.78 is 5.32. The Hall–Kier alpha value is -1.97. The van der Waals surface area contributed by atoms with Gasteiger partial charge in [0.2, 0.25) is 0 Å². The highest BCUT2D eigenvalue weighted by atomic mass is 16.5. The average Bonchev–Trinajstić information content (AvgIpc) is 2.79. The minimum absolute atomic E-state index is 0.586. The summed E-state index contributed by atoms with van der Waals surface area (Å²) in [7, 11) is 1.68. The number of benzene rings is 1. The van der Waals surface area contributed by atoms with Gasteiger partial charge in [-0.1, -0.05) is 12.1 Å². The quantitative estimate of drug-likeness (QED) is 0.628. The van der Waals surface area contributed by atoms with Crippen LogP contribution in [-0.2, 0) is 6.42 Å². The van der Waals surface area contributed by atoms with E-state index in [0.29, 0.717) is 5.82 Å². The molecule has 76 valence electrons. The zero-order valence-electron chi connectivity index (χ0n) is 8.37. The largest absolute Gasteiger partial charge is 0.496 e. The second kappa shape index (κ2) is 2.76. The minimum Gasteiger partial charge on any atom is -0.496 e. The number of aromatic amines is 1. The Morgan fingerprint density at radius 3 is 3.07 bits per heavy atom. The number of H-pyrrole nitrogens is 1. The second-order valence-electron chi connectivity index (χ2n) is 3.63. The third kappa shape index (κ3) is 0.986. The maximum atomic E-state index is 5.78. The van der Waals surface area contributed by atoms with Crippen molar-refractivity contribution in [3.05, 3.63) is 29.3 Å². The summed E-state index contributed by atoms with van der Waals surface area (Å²) in [5, 5.41) is 6.97. The number of nitrogen functional groups attached to an aromatic ring is 1. The Kier molecular flexibility index (Phi) is 1.54. The molecule has 4 nitrogen and oxygen atoms in total. The number of fused-ring (bicyclic) bond motifs is 3. The maximum Gasteiger partial charge on any atom is 0.149 e. The van der Waals surface area contributed by atoms with Gasteiger partial charge in [0, 0.05) is 23.1 Å². The molecule has 0 bridgehead atoms. The van der Waals surface area contributed by atoms with Gasteiger partial charge in [0.05, 0.1) is 12.8 Å². The Morgan fingerprint density at radius 1 is 1.40 bits per heavy atom. The number of rotatable bonds is 1. The molecule has 0 unspecified atom stereocenters. The molecule has 1 aliphatic rings. The summed E-state index contributed by atoms with van der Waals surface area (Å²) in [5.74, 6) is 1.50. The molecule has 0 saturated carbocycles. The molecule has 1 aromatic heterocycles. The van der Waals surface area contributed by atoms with Crippen LogP contribution >= 0.6 is 0 Å². The van der Waals surface area contributed by atoms with Crippen LogP contribution in [-0.4, -0.2) is 17.3 Å². The van der Waals surface area contributed by atoms with Crippen LogP contribution in [0, 0.1) is 0 Å². The number of aromatic nitrogens is 2. The van der Waals surface area contributed by atoms with Gasteiger partial charge in [-0.3, -0.25) is 5.10 Å². The van der Waals surface area contributed by atoms with Crippen LogP contribution in [0.4, 0.5) is 5.82 Å². The number of methoxy groups -OCH3 is 1. The summed E-state index contributed by atoms with van der Waals surface area (Å²) in [5.41, 5.74) is 10.2. The molecule has 0 amide bonds. The summed E-state index contributed by atoms with van der Waals surface area (Å²) in [6.45, 7) is 0. The van der Waals surface area contributed by atoms with Crippen LogP contribution in [0.1, 0.15) is 11.1 Å². The third-order valence-corrected chi connectivity index (χ3v) is 2.87. The van der Waals surface area contributed by atoms with Crippen LogP contribution in [0.3, 0.4) is 0 Å². The normalized spacial score (nSPS) is 12.3. The van der Waals surface area contributed by atoms with Crippen LogP contribution < -0.4 is 10.5 Å². The van der Waals surface area contributed by atoms with E-state index in [9.17, 15) is 0 Å². The van der Waals surface area contributed by atoms with Gasteiger partial charge in [0.25, 0.3) is 0 Å². The number of hydrogen-bond acceptors (Lipinski definition) is 3. The smallest absolute Gasteiger partial charge is 0.149 e. The van der Waals surface area contributed by atoms with Crippen molar-refractivity contribution in [3.8, 4) is 17.0 Å². The number of nitrogens with two attached hydrogens (primary N) is 1. The molecule has 1 aliphatic carbocycles. The molecule has 15 heavy (non-hydrogen) atoms. The fourth-order valence-electron chi connectivity index (χ4n) is 2.13. The second-order valence-corrected chi connectivity index (χ2v) is 3.63. The van der Waals surface area contributed by atoms with Crippen molar-refractivity contribution in [1.29, 1.82) is 0 Å². The SMILES string of the molecule is COc1cccc2c1Cc1c(N)n[nH]c1-2. The summed E-state index contributed by atoms with van der Waals surface area (Å²) in [6, 6.07) is 6.00. The molecule has 0 fully saturated rings. The molecule has 1 heterocycles. The molecule has 4 heteroatoms. The highest BCUT2D eigenvalue weighted by Gasteiger charge is 2.25. The van der Waals surface area contributed by atoms with Gasteiger partial charge < -0.3 is 10.5 Å². The fourth-order valence-corrected chi connectivity index (χ4v) is 2.13. The van der Waals surface area contributed by atoms with Gasteiger partial charge >= 0.3 is 0 Å². The lowest BCUT2D eigenvalue weighted by atomic mass is 10.1. The first-order chi connectivity index (χ1) is 7.31. The summed E-state index contributed by atoms with van der Waals surface area (Å²) in [6.07, 6.45) is 0.803. The molecule has 0 aliphatic heterocycles. The van der Waals surface area contributed by atoms with E-state index in [1.807, 2.05) is 12.1 Å². The van der Waals surface area contributed by atoms with Crippen molar-refractivity contribution >= 4 is 5.82 Å². The van der Waals surface area contributed by atoms with Gasteiger partial charge in [-0.05, 0) is 6.07 Å². The Morgan fingerprint density at radius 2 is 2.27 bits per heavy atom. The lowest BCUT2D eigenvalue weighted by molar-refractivity contribution is 0.411. The highest BCUT2D eigenvalue weighted by Crippen LogP contribution is 2.41. The number of nitrogens with zero attached hydrogens (tertiary/aromatic N) is 1. The third-order valence-electron chi connectivity index (χ3n) is 2.87. The number of hydrogen-bond donors (Lipinski definition) is 2. The monoisotopic (exact) mass is 201 g/mol. The van der Waals surface area contributed by atoms with E-state index < -0.39 is 0 Å². The van der Waals surface area contributed by atoms with E-state index in [1.165, 1.54) is 5.56 Å². The summed E-state index contributed by atoms with van der Waals surface area (Å²) >= 11 is 0. The van der Waals surface area contributed by atoms with E-state index in [4.69, 9.17) is 10.5 Å². The van der Waals surface area contributed by atoms with Crippen molar-refractivity contribution in [1.82, 2.24) is 10.2 Å². The van der Waals surface area contributed by atoms with Gasteiger partial charge in [0.1, 0.15) is 11.6 Å². The number of ether oxygens (including phenoxy) is 1. The van der Waals surface area contributed by atoms with E-state index in [0.717, 1.165) is 29.0 Å². The Labute approximate surface area is 87.1 Å². The molecular formula is C11H11N3O. The standard InChI is InChI=1S/C11H11N3O/c1-15-9-4-2-3-6-7(9)5-8-10(6)13-14-11(8)12/h2-4H,5H2,1H3,(H3,12,13,14). The van der Waals surface area contributed by atoms with Gasteiger partial charge in [-0.2, -0.15) is 5.10 Å². The molecule has 3 rings (SSSR count).